The third kappa shape index (κ3) is 3.13. The fourth-order valence-corrected chi connectivity index (χ4v) is 4.29. The number of aliphatic hydroxyl groups is 1. The molecule has 5 nitrogen and oxygen atoms in total. The van der Waals surface area contributed by atoms with Gasteiger partial charge >= 0.3 is 6.09 Å². The van der Waals surface area contributed by atoms with Gasteiger partial charge in [0.05, 0.1) is 6.04 Å². The summed E-state index contributed by atoms with van der Waals surface area (Å²) in [5.41, 5.74) is 5.45. The average molecular weight is 387 g/mol. The maximum Gasteiger partial charge on any atom is 0.407 e. The Morgan fingerprint density at radius 1 is 0.931 bits per heavy atom. The summed E-state index contributed by atoms with van der Waals surface area (Å²) in [6, 6.07) is 23.3. The Labute approximate surface area is 168 Å². The molecule has 1 aliphatic heterocycles. The van der Waals surface area contributed by atoms with Crippen LogP contribution in [0.25, 0.3) is 11.1 Å². The minimum Gasteiger partial charge on any atom is -0.490 e. The highest BCUT2D eigenvalue weighted by Gasteiger charge is 2.32. The van der Waals surface area contributed by atoms with Crippen LogP contribution < -0.4 is 10.1 Å². The molecule has 1 heterocycles. The van der Waals surface area contributed by atoms with Gasteiger partial charge in [-0.05, 0) is 28.3 Å². The molecule has 5 heteroatoms. The Morgan fingerprint density at radius 3 is 2.21 bits per heavy atom. The highest BCUT2D eigenvalue weighted by molar-refractivity contribution is 5.79. The molecule has 3 aromatic carbocycles. The molecule has 2 N–H and O–H groups in total. The summed E-state index contributed by atoms with van der Waals surface area (Å²) in [5, 5.41) is 13.1. The van der Waals surface area contributed by atoms with Gasteiger partial charge < -0.3 is 19.9 Å². The summed E-state index contributed by atoms with van der Waals surface area (Å²) in [7, 11) is 0. The van der Waals surface area contributed by atoms with E-state index in [9.17, 15) is 9.90 Å². The molecule has 2 aliphatic rings. The van der Waals surface area contributed by atoms with Crippen molar-refractivity contribution in [3.8, 4) is 16.9 Å². The molecule has 1 aliphatic carbocycles. The van der Waals surface area contributed by atoms with Crippen molar-refractivity contribution in [3.63, 3.8) is 0 Å². The van der Waals surface area contributed by atoms with Crippen LogP contribution in [0.15, 0.2) is 72.8 Å². The summed E-state index contributed by atoms with van der Waals surface area (Å²) in [5.74, 6) is 0.668. The number of alkyl carbamates (subject to hydrolysis) is 1. The van der Waals surface area contributed by atoms with Crippen molar-refractivity contribution in [1.29, 1.82) is 0 Å². The number of nitrogens with one attached hydrogen (secondary N) is 1. The molecule has 3 aromatic rings. The number of aliphatic hydroxyl groups excluding tert-OH is 1. The van der Waals surface area contributed by atoms with Crippen molar-refractivity contribution in [2.24, 2.45) is 0 Å². The van der Waals surface area contributed by atoms with E-state index in [0.29, 0.717) is 5.75 Å². The molecular weight excluding hydrogens is 366 g/mol. The van der Waals surface area contributed by atoms with Crippen molar-refractivity contribution in [2.45, 2.75) is 18.1 Å². The van der Waals surface area contributed by atoms with Crippen molar-refractivity contribution in [2.75, 3.05) is 13.2 Å². The smallest absolute Gasteiger partial charge is 0.407 e. The maximum absolute atomic E-state index is 12.6. The van der Waals surface area contributed by atoms with Crippen LogP contribution in [0.5, 0.6) is 5.75 Å². The van der Waals surface area contributed by atoms with Gasteiger partial charge in [-0.25, -0.2) is 4.79 Å². The summed E-state index contributed by atoms with van der Waals surface area (Å²) in [4.78, 5) is 12.6. The van der Waals surface area contributed by atoms with Crippen molar-refractivity contribution in [3.05, 3.63) is 89.5 Å². The van der Waals surface area contributed by atoms with E-state index in [2.05, 4.69) is 29.6 Å². The SMILES string of the molecule is O=C(N[C@H]1c2ccccc2OC[C@H]1O)OCC1c2ccccc2-c2ccccc21. The van der Waals surface area contributed by atoms with Gasteiger partial charge in [0.15, 0.2) is 0 Å². The van der Waals surface area contributed by atoms with Gasteiger partial charge in [0.2, 0.25) is 0 Å². The van der Waals surface area contributed by atoms with E-state index in [1.54, 1.807) is 0 Å². The number of hydrogen-bond acceptors (Lipinski definition) is 4. The standard InChI is InChI=1S/C24H21NO4/c26-21-14-28-22-12-6-5-11-19(22)23(21)25-24(27)29-13-20-17-9-3-1-7-15(17)16-8-2-4-10-18(16)20/h1-12,20-21,23,26H,13-14H2,(H,25,27)/t21-,23+/m1/s1. The number of carbonyl (C=O) groups excluding carboxylic acids is 1. The molecule has 0 spiro atoms. The Bertz CT molecular complexity index is 1020. The second kappa shape index (κ2) is 7.26. The zero-order valence-electron chi connectivity index (χ0n) is 15.7. The van der Waals surface area contributed by atoms with Crippen LogP contribution in [-0.4, -0.2) is 30.5 Å². The number of hydrogen-bond donors (Lipinski definition) is 2. The molecule has 0 fully saturated rings. The number of ether oxygens (including phenoxy) is 2. The van der Waals surface area contributed by atoms with Gasteiger partial charge in [-0.15, -0.1) is 0 Å². The minimum absolute atomic E-state index is 0.0000453. The lowest BCUT2D eigenvalue weighted by Gasteiger charge is -2.30. The van der Waals surface area contributed by atoms with E-state index >= 15 is 0 Å². The van der Waals surface area contributed by atoms with Gasteiger partial charge in [-0.2, -0.15) is 0 Å². The third-order valence-corrected chi connectivity index (χ3v) is 5.67. The average Bonchev–Trinajstić information content (AvgIpc) is 3.08. The van der Waals surface area contributed by atoms with Gasteiger partial charge in [0.1, 0.15) is 25.1 Å². The highest BCUT2D eigenvalue weighted by atomic mass is 16.5. The summed E-state index contributed by atoms with van der Waals surface area (Å²) in [6.45, 7) is 0.367. The zero-order chi connectivity index (χ0) is 19.8. The molecule has 0 radical (unpaired) electrons. The first-order valence-corrected chi connectivity index (χ1v) is 9.73. The molecule has 0 unspecified atom stereocenters. The van der Waals surface area contributed by atoms with E-state index in [1.807, 2.05) is 48.5 Å². The Kier molecular flexibility index (Phi) is 4.45. The van der Waals surface area contributed by atoms with E-state index < -0.39 is 18.2 Å². The van der Waals surface area contributed by atoms with Crippen LogP contribution in [0.2, 0.25) is 0 Å². The van der Waals surface area contributed by atoms with E-state index in [-0.39, 0.29) is 19.1 Å². The lowest BCUT2D eigenvalue weighted by atomic mass is 9.98. The number of benzene rings is 3. The van der Waals surface area contributed by atoms with Crippen molar-refractivity contribution >= 4 is 6.09 Å². The zero-order valence-corrected chi connectivity index (χ0v) is 15.7. The van der Waals surface area contributed by atoms with Gasteiger partial charge in [-0.1, -0.05) is 66.7 Å². The fourth-order valence-electron chi connectivity index (χ4n) is 4.29. The maximum atomic E-state index is 12.6. The molecule has 0 bridgehead atoms. The normalized spacial score (nSPS) is 19.5. The highest BCUT2D eigenvalue weighted by Crippen LogP contribution is 2.44. The summed E-state index contributed by atoms with van der Waals surface area (Å²) >= 11 is 0. The van der Waals surface area contributed by atoms with E-state index in [0.717, 1.165) is 16.7 Å². The van der Waals surface area contributed by atoms with Crippen LogP contribution in [-0.2, 0) is 4.74 Å². The van der Waals surface area contributed by atoms with Crippen LogP contribution in [0.1, 0.15) is 28.7 Å². The Hall–Kier alpha value is -3.31. The number of carbonyl (C=O) groups is 1. The molecule has 5 rings (SSSR count). The number of para-hydroxylation sites is 1. The molecule has 0 saturated heterocycles. The lowest BCUT2D eigenvalue weighted by molar-refractivity contribution is 0.0507. The van der Waals surface area contributed by atoms with Gasteiger partial charge in [0, 0.05) is 11.5 Å². The molecule has 2 atom stereocenters. The predicted molar refractivity (Wildman–Crippen MR) is 109 cm³/mol. The molecule has 146 valence electrons. The van der Waals surface area contributed by atoms with E-state index in [1.165, 1.54) is 11.1 Å². The monoisotopic (exact) mass is 387 g/mol. The first-order valence-electron chi connectivity index (χ1n) is 9.73. The minimum atomic E-state index is -0.828. The number of fused-ring (bicyclic) bond motifs is 4. The number of amides is 1. The van der Waals surface area contributed by atoms with Crippen LogP contribution in [0.3, 0.4) is 0 Å². The topological polar surface area (TPSA) is 67.8 Å². The predicted octanol–water partition coefficient (Wildman–Crippen LogP) is 4.02. The molecular formula is C24H21NO4. The van der Waals surface area contributed by atoms with Crippen LogP contribution >= 0.6 is 0 Å². The third-order valence-electron chi connectivity index (χ3n) is 5.67. The molecule has 0 aromatic heterocycles. The second-order valence-corrected chi connectivity index (χ2v) is 7.36. The molecule has 0 saturated carbocycles. The Morgan fingerprint density at radius 2 is 1.52 bits per heavy atom. The quantitative estimate of drug-likeness (QED) is 0.712. The fraction of sp³-hybridized carbons (Fsp3) is 0.208. The lowest BCUT2D eigenvalue weighted by Crippen LogP contribution is -2.42. The van der Waals surface area contributed by atoms with Crippen LogP contribution in [0, 0.1) is 0 Å². The molecule has 1 amide bonds. The Balaban J connectivity index is 1.32. The second-order valence-electron chi connectivity index (χ2n) is 7.36. The first kappa shape index (κ1) is 17.8. The van der Waals surface area contributed by atoms with Gasteiger partial charge in [0.25, 0.3) is 0 Å². The number of rotatable bonds is 3. The van der Waals surface area contributed by atoms with Crippen molar-refractivity contribution < 1.29 is 19.4 Å². The molecule has 29 heavy (non-hydrogen) atoms. The van der Waals surface area contributed by atoms with E-state index in [4.69, 9.17) is 9.47 Å². The largest absolute Gasteiger partial charge is 0.490 e. The first-order chi connectivity index (χ1) is 14.2. The summed E-state index contributed by atoms with van der Waals surface area (Å²) < 4.78 is 11.1. The summed E-state index contributed by atoms with van der Waals surface area (Å²) in [6.07, 6.45) is -1.38. The van der Waals surface area contributed by atoms with Crippen molar-refractivity contribution in [1.82, 2.24) is 5.32 Å². The van der Waals surface area contributed by atoms with Crippen LogP contribution in [0.4, 0.5) is 4.79 Å². The van der Waals surface area contributed by atoms with Gasteiger partial charge in [-0.3, -0.25) is 0 Å².